The lowest BCUT2D eigenvalue weighted by atomic mass is 9.97. The molecule has 0 bridgehead atoms. The molecule has 118 valence electrons. The second kappa shape index (κ2) is 7.85. The Hall–Kier alpha value is -1.00. The van der Waals surface area contributed by atoms with Crippen molar-refractivity contribution in [2.24, 2.45) is 5.92 Å². The van der Waals surface area contributed by atoms with Gasteiger partial charge in [0, 0.05) is 18.2 Å². The maximum atomic E-state index is 14.1. The first kappa shape index (κ1) is 16.4. The molecule has 1 N–H and O–H groups in total. The zero-order valence-corrected chi connectivity index (χ0v) is 13.0. The summed E-state index contributed by atoms with van der Waals surface area (Å²) in [6.07, 6.45) is 3.35. The maximum absolute atomic E-state index is 14.1. The molecule has 0 amide bonds. The maximum Gasteiger partial charge on any atom is 0.163 e. The van der Waals surface area contributed by atoms with Crippen LogP contribution >= 0.6 is 0 Å². The van der Waals surface area contributed by atoms with Crippen LogP contribution in [0.1, 0.15) is 44.7 Å². The van der Waals surface area contributed by atoms with Crippen molar-refractivity contribution in [3.05, 3.63) is 35.4 Å². The fourth-order valence-corrected chi connectivity index (χ4v) is 2.88. The van der Waals surface area contributed by atoms with Crippen molar-refractivity contribution >= 4 is 0 Å². The quantitative estimate of drug-likeness (QED) is 0.860. The number of hydrogen-bond donors (Lipinski definition) is 1. The molecule has 1 saturated heterocycles. The highest BCUT2D eigenvalue weighted by Gasteiger charge is 2.23. The zero-order chi connectivity index (χ0) is 15.2. The van der Waals surface area contributed by atoms with Crippen molar-refractivity contribution in [2.75, 3.05) is 26.2 Å². The monoisotopic (exact) mass is 296 g/mol. The molecule has 0 spiro atoms. The van der Waals surface area contributed by atoms with Gasteiger partial charge in [-0.15, -0.1) is 0 Å². The highest BCUT2D eigenvalue weighted by Crippen LogP contribution is 2.23. The summed E-state index contributed by atoms with van der Waals surface area (Å²) in [5, 5.41) is 3.36. The molecule has 0 aliphatic carbocycles. The molecule has 1 aromatic carbocycles. The van der Waals surface area contributed by atoms with Crippen molar-refractivity contribution in [3.8, 4) is 0 Å². The molecule has 0 saturated carbocycles. The smallest absolute Gasteiger partial charge is 0.163 e. The minimum absolute atomic E-state index is 0.144. The molecule has 0 aromatic heterocycles. The minimum Gasteiger partial charge on any atom is -0.309 e. The Labute approximate surface area is 126 Å². The molecule has 1 fully saturated rings. The summed E-state index contributed by atoms with van der Waals surface area (Å²) >= 11 is 0. The van der Waals surface area contributed by atoms with E-state index < -0.39 is 11.6 Å². The molecule has 1 unspecified atom stereocenters. The summed E-state index contributed by atoms with van der Waals surface area (Å²) < 4.78 is 27.5. The number of rotatable bonds is 6. The lowest BCUT2D eigenvalue weighted by molar-refractivity contribution is 0.173. The third kappa shape index (κ3) is 4.48. The zero-order valence-electron chi connectivity index (χ0n) is 13.0. The van der Waals surface area contributed by atoms with Gasteiger partial charge < -0.3 is 10.2 Å². The van der Waals surface area contributed by atoms with Gasteiger partial charge in [0.1, 0.15) is 0 Å². The highest BCUT2D eigenvalue weighted by atomic mass is 19.2. The standard InChI is InChI=1S/C17H26F2N2/c1-3-9-20-16(12-21-10-7-13(2)8-11-21)14-5-4-6-15(18)17(14)19/h4-6,13,16,20H,3,7-12H2,1-2H3. The van der Waals surface area contributed by atoms with Gasteiger partial charge in [-0.3, -0.25) is 0 Å². The van der Waals surface area contributed by atoms with Crippen molar-refractivity contribution < 1.29 is 8.78 Å². The van der Waals surface area contributed by atoms with Crippen LogP contribution in [0, 0.1) is 17.6 Å². The van der Waals surface area contributed by atoms with Gasteiger partial charge in [-0.25, -0.2) is 8.78 Å². The summed E-state index contributed by atoms with van der Waals surface area (Å²) in [6.45, 7) is 7.99. The van der Waals surface area contributed by atoms with Crippen LogP contribution in [0.25, 0.3) is 0 Å². The summed E-state index contributed by atoms with van der Waals surface area (Å²) in [5.74, 6) is -0.700. The first-order valence-corrected chi connectivity index (χ1v) is 8.01. The van der Waals surface area contributed by atoms with Crippen LogP contribution in [0.3, 0.4) is 0 Å². The normalized spacial score (nSPS) is 18.9. The predicted molar refractivity (Wildman–Crippen MR) is 82.2 cm³/mol. The van der Waals surface area contributed by atoms with Gasteiger partial charge in [-0.1, -0.05) is 26.0 Å². The van der Waals surface area contributed by atoms with E-state index in [2.05, 4.69) is 24.1 Å². The number of benzene rings is 1. The average Bonchev–Trinajstić information content (AvgIpc) is 2.48. The Morgan fingerprint density at radius 3 is 2.67 bits per heavy atom. The summed E-state index contributed by atoms with van der Waals surface area (Å²) in [4.78, 5) is 2.36. The van der Waals surface area contributed by atoms with Crippen LogP contribution in [-0.2, 0) is 0 Å². The van der Waals surface area contributed by atoms with Crippen LogP contribution in [0.2, 0.25) is 0 Å². The fourth-order valence-electron chi connectivity index (χ4n) is 2.88. The SMILES string of the molecule is CCCNC(CN1CCC(C)CC1)c1cccc(F)c1F. The topological polar surface area (TPSA) is 15.3 Å². The van der Waals surface area contributed by atoms with Gasteiger partial charge in [0.15, 0.2) is 11.6 Å². The predicted octanol–water partition coefficient (Wildman–Crippen LogP) is 3.74. The Kier molecular flexibility index (Phi) is 6.12. The van der Waals surface area contributed by atoms with E-state index in [4.69, 9.17) is 0 Å². The summed E-state index contributed by atoms with van der Waals surface area (Å²) in [5.41, 5.74) is 0.446. The van der Waals surface area contributed by atoms with E-state index in [0.717, 1.165) is 38.5 Å². The molecule has 0 radical (unpaired) electrons. The Morgan fingerprint density at radius 1 is 1.29 bits per heavy atom. The first-order valence-electron chi connectivity index (χ1n) is 8.01. The Balaban J connectivity index is 2.08. The van der Waals surface area contributed by atoms with Gasteiger partial charge in [0.25, 0.3) is 0 Å². The molecule has 2 nitrogen and oxygen atoms in total. The third-order valence-electron chi connectivity index (χ3n) is 4.31. The van der Waals surface area contributed by atoms with E-state index in [1.54, 1.807) is 12.1 Å². The molecular formula is C17H26F2N2. The van der Waals surface area contributed by atoms with Crippen LogP contribution in [-0.4, -0.2) is 31.1 Å². The minimum atomic E-state index is -0.761. The average molecular weight is 296 g/mol. The largest absolute Gasteiger partial charge is 0.309 e. The van der Waals surface area contributed by atoms with E-state index >= 15 is 0 Å². The molecule has 21 heavy (non-hydrogen) atoms. The Bertz CT molecular complexity index is 442. The summed E-state index contributed by atoms with van der Waals surface area (Å²) in [7, 11) is 0. The van der Waals surface area contributed by atoms with Crippen LogP contribution in [0.5, 0.6) is 0 Å². The molecular weight excluding hydrogens is 270 g/mol. The van der Waals surface area contributed by atoms with Gasteiger partial charge in [-0.05, 0) is 50.9 Å². The summed E-state index contributed by atoms with van der Waals surface area (Å²) in [6, 6.07) is 4.32. The third-order valence-corrected chi connectivity index (χ3v) is 4.31. The van der Waals surface area contributed by atoms with Crippen LogP contribution < -0.4 is 5.32 Å². The first-order chi connectivity index (χ1) is 10.1. The molecule has 2 rings (SSSR count). The van der Waals surface area contributed by atoms with E-state index in [1.165, 1.54) is 18.9 Å². The molecule has 1 aliphatic rings. The fraction of sp³-hybridized carbons (Fsp3) is 0.647. The van der Waals surface area contributed by atoms with Crippen molar-refractivity contribution in [1.82, 2.24) is 10.2 Å². The number of hydrogen-bond acceptors (Lipinski definition) is 2. The van der Waals surface area contributed by atoms with Crippen molar-refractivity contribution in [1.29, 1.82) is 0 Å². The lowest BCUT2D eigenvalue weighted by Crippen LogP contribution is -2.40. The van der Waals surface area contributed by atoms with Crippen LogP contribution in [0.15, 0.2) is 18.2 Å². The number of likely N-dealkylation sites (tertiary alicyclic amines) is 1. The van der Waals surface area contributed by atoms with E-state index in [9.17, 15) is 8.78 Å². The lowest BCUT2D eigenvalue weighted by Gasteiger charge is -2.33. The molecule has 4 heteroatoms. The van der Waals surface area contributed by atoms with E-state index in [1.807, 2.05) is 0 Å². The molecule has 1 aliphatic heterocycles. The van der Waals surface area contributed by atoms with Gasteiger partial charge in [-0.2, -0.15) is 0 Å². The second-order valence-electron chi connectivity index (χ2n) is 6.13. The number of nitrogens with zero attached hydrogens (tertiary/aromatic N) is 1. The number of halogens is 2. The van der Waals surface area contributed by atoms with Crippen LogP contribution in [0.4, 0.5) is 8.78 Å². The van der Waals surface area contributed by atoms with E-state index in [-0.39, 0.29) is 6.04 Å². The molecule has 1 aromatic rings. The molecule has 1 heterocycles. The van der Waals surface area contributed by atoms with Crippen molar-refractivity contribution in [2.45, 2.75) is 39.2 Å². The highest BCUT2D eigenvalue weighted by molar-refractivity contribution is 5.23. The molecule has 1 atom stereocenters. The van der Waals surface area contributed by atoms with Crippen molar-refractivity contribution in [3.63, 3.8) is 0 Å². The van der Waals surface area contributed by atoms with Gasteiger partial charge >= 0.3 is 0 Å². The Morgan fingerprint density at radius 2 is 2.00 bits per heavy atom. The second-order valence-corrected chi connectivity index (χ2v) is 6.13. The van der Waals surface area contributed by atoms with Gasteiger partial charge in [0.2, 0.25) is 0 Å². The number of nitrogens with one attached hydrogen (secondary N) is 1. The number of piperidine rings is 1. The van der Waals surface area contributed by atoms with Gasteiger partial charge in [0.05, 0.1) is 0 Å². The van der Waals surface area contributed by atoms with E-state index in [0.29, 0.717) is 5.56 Å².